The topological polar surface area (TPSA) is 12.9 Å². The molecule has 0 radical (unpaired) electrons. The van der Waals surface area contributed by atoms with Gasteiger partial charge in [0.25, 0.3) is 0 Å². The van der Waals surface area contributed by atoms with Crippen molar-refractivity contribution in [2.45, 2.75) is 12.3 Å². The van der Waals surface area contributed by atoms with Crippen molar-refractivity contribution < 1.29 is 0 Å². The number of aromatic nitrogens is 1. The number of alkyl halides is 1. The Hall–Kier alpha value is -0.900. The lowest BCUT2D eigenvalue weighted by molar-refractivity contribution is 1.27. The van der Waals surface area contributed by atoms with Crippen molar-refractivity contribution in [3.05, 3.63) is 52.1 Å². The summed E-state index contributed by atoms with van der Waals surface area (Å²) in [5, 5.41) is 4.89. The van der Waals surface area contributed by atoms with E-state index in [-0.39, 0.29) is 0 Å². The van der Waals surface area contributed by atoms with Crippen LogP contribution in [0.2, 0.25) is 5.15 Å². The molecule has 0 aliphatic rings. The van der Waals surface area contributed by atoms with Crippen LogP contribution in [0.5, 0.6) is 0 Å². The number of hydrogen-bond donors (Lipinski definition) is 0. The number of benzene rings is 1. The van der Waals surface area contributed by atoms with Crippen LogP contribution in [0.4, 0.5) is 0 Å². The summed E-state index contributed by atoms with van der Waals surface area (Å²) in [7, 11) is 0. The second-order valence-corrected chi connectivity index (χ2v) is 6.29. The molecule has 2 heterocycles. The first kappa shape index (κ1) is 13.1. The zero-order valence-corrected chi connectivity index (χ0v) is 13.4. The second-order valence-electron chi connectivity index (χ2n) is 4.44. The molecule has 3 aromatic rings. The second kappa shape index (κ2) is 5.23. The van der Waals surface area contributed by atoms with Gasteiger partial charge in [-0.05, 0) is 47.2 Å². The molecule has 0 saturated heterocycles. The Morgan fingerprint density at radius 1 is 1.26 bits per heavy atom. The van der Waals surface area contributed by atoms with Crippen molar-refractivity contribution in [3.8, 4) is 11.1 Å². The third-order valence-electron chi connectivity index (χ3n) is 3.15. The molecule has 0 amide bonds. The molecule has 0 saturated carbocycles. The standard InChI is InChI=1S/C15H11BrClNS/c1-9-7-18-15(17)5-11(9)13-8-19-14-3-2-10(6-16)4-12(13)14/h2-5,7-8H,6H2,1H3. The van der Waals surface area contributed by atoms with Crippen LogP contribution in [0.3, 0.4) is 0 Å². The van der Waals surface area contributed by atoms with Gasteiger partial charge in [-0.3, -0.25) is 0 Å². The monoisotopic (exact) mass is 351 g/mol. The molecule has 0 N–H and O–H groups in total. The van der Waals surface area contributed by atoms with Crippen molar-refractivity contribution in [1.29, 1.82) is 0 Å². The molecule has 0 bridgehead atoms. The number of halogens is 2. The summed E-state index contributed by atoms with van der Waals surface area (Å²) < 4.78 is 1.30. The van der Waals surface area contributed by atoms with Gasteiger partial charge in [-0.2, -0.15) is 0 Å². The lowest BCUT2D eigenvalue weighted by Gasteiger charge is -2.05. The quantitative estimate of drug-likeness (QED) is 0.418. The van der Waals surface area contributed by atoms with E-state index >= 15 is 0 Å². The highest BCUT2D eigenvalue weighted by Crippen LogP contribution is 2.36. The van der Waals surface area contributed by atoms with Gasteiger partial charge in [0.15, 0.2) is 0 Å². The molecule has 0 aliphatic heterocycles. The third kappa shape index (κ3) is 2.42. The fourth-order valence-corrected chi connectivity index (χ4v) is 3.60. The van der Waals surface area contributed by atoms with Crippen LogP contribution in [-0.2, 0) is 5.33 Å². The normalized spacial score (nSPS) is 11.1. The molecule has 0 aliphatic carbocycles. The van der Waals surface area contributed by atoms with Gasteiger partial charge in [0.05, 0.1) is 0 Å². The molecule has 3 rings (SSSR count). The van der Waals surface area contributed by atoms with E-state index in [0.29, 0.717) is 5.15 Å². The minimum atomic E-state index is 0.539. The van der Waals surface area contributed by atoms with Gasteiger partial charge in [0.1, 0.15) is 5.15 Å². The number of fused-ring (bicyclic) bond motifs is 1. The predicted molar refractivity (Wildman–Crippen MR) is 87.4 cm³/mol. The van der Waals surface area contributed by atoms with Crippen molar-refractivity contribution in [3.63, 3.8) is 0 Å². The SMILES string of the molecule is Cc1cnc(Cl)cc1-c1csc2ccc(CBr)cc12. The van der Waals surface area contributed by atoms with Crippen molar-refractivity contribution in [2.24, 2.45) is 0 Å². The molecule has 1 aromatic carbocycles. The van der Waals surface area contributed by atoms with Crippen molar-refractivity contribution in [2.75, 3.05) is 0 Å². The number of hydrogen-bond acceptors (Lipinski definition) is 2. The molecule has 2 aromatic heterocycles. The van der Waals surface area contributed by atoms with Gasteiger partial charge < -0.3 is 0 Å². The maximum Gasteiger partial charge on any atom is 0.129 e. The summed E-state index contributed by atoms with van der Waals surface area (Å²) in [5.41, 5.74) is 4.83. The highest BCUT2D eigenvalue weighted by Gasteiger charge is 2.10. The lowest BCUT2D eigenvalue weighted by Crippen LogP contribution is -1.85. The van der Waals surface area contributed by atoms with E-state index in [1.165, 1.54) is 21.2 Å². The van der Waals surface area contributed by atoms with Crippen molar-refractivity contribution >= 4 is 49.0 Å². The molecular weight excluding hydrogens is 342 g/mol. The summed E-state index contributed by atoms with van der Waals surface area (Å²) in [4.78, 5) is 4.12. The largest absolute Gasteiger partial charge is 0.244 e. The summed E-state index contributed by atoms with van der Waals surface area (Å²) in [6, 6.07) is 8.52. The number of aryl methyl sites for hydroxylation is 1. The van der Waals surface area contributed by atoms with E-state index in [0.717, 1.165) is 16.5 Å². The van der Waals surface area contributed by atoms with Gasteiger partial charge in [0, 0.05) is 27.2 Å². The fraction of sp³-hybridized carbons (Fsp3) is 0.133. The molecule has 0 unspecified atom stereocenters. The molecule has 4 heteroatoms. The zero-order valence-electron chi connectivity index (χ0n) is 10.3. The Kier molecular flexibility index (Phi) is 3.61. The summed E-state index contributed by atoms with van der Waals surface area (Å²) in [5.74, 6) is 0. The summed E-state index contributed by atoms with van der Waals surface area (Å²) in [6.07, 6.45) is 1.83. The Morgan fingerprint density at radius 2 is 2.11 bits per heavy atom. The maximum atomic E-state index is 6.03. The van der Waals surface area contributed by atoms with Gasteiger partial charge in [-0.15, -0.1) is 11.3 Å². The van der Waals surface area contributed by atoms with E-state index < -0.39 is 0 Å². The average molecular weight is 353 g/mol. The minimum Gasteiger partial charge on any atom is -0.244 e. The van der Waals surface area contributed by atoms with Gasteiger partial charge >= 0.3 is 0 Å². The Morgan fingerprint density at radius 3 is 2.89 bits per heavy atom. The maximum absolute atomic E-state index is 6.03. The fourth-order valence-electron chi connectivity index (χ4n) is 2.16. The van der Waals surface area contributed by atoms with Gasteiger partial charge in [-0.1, -0.05) is 33.6 Å². The first-order valence-corrected chi connectivity index (χ1v) is 8.25. The molecule has 1 nitrogen and oxygen atoms in total. The van der Waals surface area contributed by atoms with Crippen LogP contribution >= 0.6 is 38.9 Å². The first-order chi connectivity index (χ1) is 9.19. The molecule has 19 heavy (non-hydrogen) atoms. The van der Waals surface area contributed by atoms with Crippen LogP contribution in [0, 0.1) is 6.92 Å². The lowest BCUT2D eigenvalue weighted by atomic mass is 10.0. The van der Waals surface area contributed by atoms with Gasteiger partial charge in [-0.25, -0.2) is 4.98 Å². The van der Waals surface area contributed by atoms with E-state index in [4.69, 9.17) is 11.6 Å². The minimum absolute atomic E-state index is 0.539. The average Bonchev–Trinajstić information content (AvgIpc) is 2.84. The van der Waals surface area contributed by atoms with Crippen molar-refractivity contribution in [1.82, 2.24) is 4.98 Å². The summed E-state index contributed by atoms with van der Waals surface area (Å²) >= 11 is 11.3. The smallest absolute Gasteiger partial charge is 0.129 e. The number of thiophene rings is 1. The highest BCUT2D eigenvalue weighted by atomic mass is 79.9. The summed E-state index contributed by atoms with van der Waals surface area (Å²) in [6.45, 7) is 2.07. The molecular formula is C15H11BrClNS. The molecule has 0 atom stereocenters. The third-order valence-corrected chi connectivity index (χ3v) is 4.97. The van der Waals surface area contributed by atoms with Crippen LogP contribution in [0.1, 0.15) is 11.1 Å². The molecule has 0 fully saturated rings. The molecule has 96 valence electrons. The number of rotatable bonds is 2. The predicted octanol–water partition coefficient (Wildman–Crippen LogP) is 5.82. The number of pyridine rings is 1. The number of nitrogens with zero attached hydrogens (tertiary/aromatic N) is 1. The van der Waals surface area contributed by atoms with Crippen LogP contribution < -0.4 is 0 Å². The van der Waals surface area contributed by atoms with Crippen LogP contribution in [0.25, 0.3) is 21.2 Å². The van der Waals surface area contributed by atoms with E-state index in [1.54, 1.807) is 11.3 Å². The van der Waals surface area contributed by atoms with Crippen LogP contribution in [-0.4, -0.2) is 4.98 Å². The Labute approximate surface area is 129 Å². The highest BCUT2D eigenvalue weighted by molar-refractivity contribution is 9.08. The van der Waals surface area contributed by atoms with E-state index in [1.807, 2.05) is 12.3 Å². The van der Waals surface area contributed by atoms with E-state index in [2.05, 4.69) is 51.4 Å². The molecule has 0 spiro atoms. The van der Waals surface area contributed by atoms with Crippen LogP contribution in [0.15, 0.2) is 35.8 Å². The zero-order chi connectivity index (χ0) is 13.4. The Balaban J connectivity index is 2.27. The first-order valence-electron chi connectivity index (χ1n) is 5.87. The van der Waals surface area contributed by atoms with Gasteiger partial charge in [0.2, 0.25) is 0 Å². The van der Waals surface area contributed by atoms with E-state index in [9.17, 15) is 0 Å². The Bertz CT molecular complexity index is 751.